The Kier molecular flexibility index (Phi) is 3.85. The maximum Gasteiger partial charge on any atom is 0.335 e. The van der Waals surface area contributed by atoms with Crippen molar-refractivity contribution in [3.05, 3.63) is 23.8 Å². The molecular weight excluding hydrogens is 322 g/mol. The highest BCUT2D eigenvalue weighted by molar-refractivity contribution is 7.97. The molecule has 1 heterocycles. The average Bonchev–Trinajstić information content (AvgIpc) is 2.73. The topological polar surface area (TPSA) is 138 Å². The van der Waals surface area contributed by atoms with Crippen LogP contribution in [0.2, 0.25) is 0 Å². The summed E-state index contributed by atoms with van der Waals surface area (Å²) in [6, 6.07) is 3.14. The zero-order valence-corrected chi connectivity index (χ0v) is 12.3. The lowest BCUT2D eigenvalue weighted by atomic mass is 10.2. The van der Waals surface area contributed by atoms with Crippen molar-refractivity contribution in [3.63, 3.8) is 0 Å². The fourth-order valence-corrected chi connectivity index (χ4v) is 6.09. The lowest BCUT2D eigenvalue weighted by Gasteiger charge is -2.14. The zero-order chi connectivity index (χ0) is 15.8. The van der Waals surface area contributed by atoms with Gasteiger partial charge < -0.3 is 10.2 Å². The summed E-state index contributed by atoms with van der Waals surface area (Å²) >= 11 is 0. The van der Waals surface area contributed by atoms with Gasteiger partial charge in [-0.25, -0.2) is 21.6 Å². The number of hydrogen-bond acceptors (Lipinski definition) is 6. The van der Waals surface area contributed by atoms with E-state index in [0.717, 1.165) is 18.2 Å². The molecule has 2 rings (SSSR count). The maximum atomic E-state index is 12.1. The Bertz CT molecular complexity index is 783. The molecule has 0 saturated carbocycles. The van der Waals surface area contributed by atoms with Crippen LogP contribution < -0.4 is 4.72 Å². The van der Waals surface area contributed by atoms with Crippen LogP contribution in [0.15, 0.2) is 18.2 Å². The molecule has 116 valence electrons. The van der Waals surface area contributed by atoms with Crippen LogP contribution in [0.4, 0.5) is 5.69 Å². The van der Waals surface area contributed by atoms with Gasteiger partial charge in [0.15, 0.2) is 9.84 Å². The monoisotopic (exact) mass is 335 g/mol. The third-order valence-corrected chi connectivity index (χ3v) is 6.89. The predicted octanol–water partition coefficient (Wildman–Crippen LogP) is 0.0192. The van der Waals surface area contributed by atoms with Crippen molar-refractivity contribution in [1.29, 1.82) is 0 Å². The molecule has 1 aromatic carbocycles. The van der Waals surface area contributed by atoms with Gasteiger partial charge >= 0.3 is 5.97 Å². The molecule has 8 nitrogen and oxygen atoms in total. The fourth-order valence-electron chi connectivity index (χ4n) is 1.99. The lowest BCUT2D eigenvalue weighted by Crippen LogP contribution is -2.28. The van der Waals surface area contributed by atoms with Gasteiger partial charge in [-0.1, -0.05) is 0 Å². The second-order valence-electron chi connectivity index (χ2n) is 4.71. The van der Waals surface area contributed by atoms with Gasteiger partial charge in [0.2, 0.25) is 10.0 Å². The van der Waals surface area contributed by atoms with Crippen LogP contribution in [0.3, 0.4) is 0 Å². The van der Waals surface area contributed by atoms with Gasteiger partial charge in [-0.05, 0) is 24.6 Å². The van der Waals surface area contributed by atoms with Gasteiger partial charge in [-0.3, -0.25) is 4.72 Å². The number of aromatic carboxylic acids is 1. The maximum absolute atomic E-state index is 12.1. The minimum absolute atomic E-state index is 0.0307. The molecule has 1 fully saturated rings. The minimum atomic E-state index is -4.03. The number of phenols is 1. The van der Waals surface area contributed by atoms with E-state index in [4.69, 9.17) is 5.11 Å². The molecule has 1 aliphatic rings. The van der Waals surface area contributed by atoms with Crippen molar-refractivity contribution in [2.24, 2.45) is 0 Å². The zero-order valence-electron chi connectivity index (χ0n) is 10.7. The third kappa shape index (κ3) is 3.45. The van der Waals surface area contributed by atoms with E-state index in [9.17, 15) is 26.7 Å². The number of hydrogen-bond donors (Lipinski definition) is 3. The number of nitrogens with one attached hydrogen (secondary N) is 1. The molecule has 1 atom stereocenters. The first kappa shape index (κ1) is 15.6. The molecule has 1 aromatic rings. The number of rotatable bonds is 4. The highest BCUT2D eigenvalue weighted by Gasteiger charge is 2.37. The number of carboxylic acid groups (broad SMARTS) is 1. The van der Waals surface area contributed by atoms with E-state index >= 15 is 0 Å². The summed E-state index contributed by atoms with van der Waals surface area (Å²) in [6.07, 6.45) is -0.0307. The molecule has 0 spiro atoms. The van der Waals surface area contributed by atoms with Gasteiger partial charge in [-0.2, -0.15) is 0 Å². The number of carbonyl (C=O) groups is 1. The number of anilines is 1. The Labute approximate surface area is 121 Å². The van der Waals surface area contributed by atoms with Crippen LogP contribution in [-0.2, 0) is 19.9 Å². The summed E-state index contributed by atoms with van der Waals surface area (Å²) in [5.74, 6) is -2.41. The van der Waals surface area contributed by atoms with Crippen molar-refractivity contribution < 1.29 is 31.8 Å². The summed E-state index contributed by atoms with van der Waals surface area (Å²) < 4.78 is 48.9. The van der Waals surface area contributed by atoms with E-state index in [0.29, 0.717) is 0 Å². The van der Waals surface area contributed by atoms with Crippen LogP contribution in [0, 0.1) is 0 Å². The van der Waals surface area contributed by atoms with E-state index in [1.165, 1.54) is 0 Å². The van der Waals surface area contributed by atoms with E-state index < -0.39 is 42.6 Å². The second kappa shape index (κ2) is 5.19. The molecule has 3 N–H and O–H groups in total. The fraction of sp³-hybridized carbons (Fsp3) is 0.364. The van der Waals surface area contributed by atoms with Crippen molar-refractivity contribution in [2.75, 3.05) is 16.2 Å². The van der Waals surface area contributed by atoms with Crippen molar-refractivity contribution in [1.82, 2.24) is 0 Å². The standard InChI is InChI=1S/C11H13NO7S2/c13-10-2-1-7(11(14)15)5-9(10)12-21(18,19)8-3-4-20(16,17)6-8/h1-2,5,8,12-13H,3-4,6H2,(H,14,15). The molecule has 0 aromatic heterocycles. The molecular formula is C11H13NO7S2. The number of sulfonamides is 1. The van der Waals surface area contributed by atoms with Gasteiger partial charge in [0, 0.05) is 0 Å². The van der Waals surface area contributed by atoms with Crippen LogP contribution in [0.25, 0.3) is 0 Å². The summed E-state index contributed by atoms with van der Waals surface area (Å²) in [5.41, 5.74) is -0.497. The first-order valence-corrected chi connectivity index (χ1v) is 9.26. The summed E-state index contributed by atoms with van der Waals surface area (Å²) in [6.45, 7) is 0. The highest BCUT2D eigenvalue weighted by atomic mass is 32.2. The van der Waals surface area contributed by atoms with E-state index in [2.05, 4.69) is 4.72 Å². The van der Waals surface area contributed by atoms with E-state index in [1.807, 2.05) is 0 Å². The van der Waals surface area contributed by atoms with Crippen LogP contribution in [0.5, 0.6) is 5.75 Å². The molecule has 0 amide bonds. The number of benzene rings is 1. The van der Waals surface area contributed by atoms with Crippen molar-refractivity contribution in [3.8, 4) is 5.75 Å². The summed E-state index contributed by atoms with van der Waals surface area (Å²) in [4.78, 5) is 10.8. The molecule has 10 heteroatoms. The predicted molar refractivity (Wildman–Crippen MR) is 74.7 cm³/mol. The molecule has 0 radical (unpaired) electrons. The molecule has 1 saturated heterocycles. The first-order chi connectivity index (χ1) is 9.61. The smallest absolute Gasteiger partial charge is 0.335 e. The number of sulfone groups is 1. The second-order valence-corrected chi connectivity index (χ2v) is 8.90. The van der Waals surface area contributed by atoms with Crippen molar-refractivity contribution in [2.45, 2.75) is 11.7 Å². The van der Waals surface area contributed by atoms with Crippen LogP contribution in [-0.4, -0.2) is 49.8 Å². The first-order valence-electron chi connectivity index (χ1n) is 5.89. The van der Waals surface area contributed by atoms with Crippen LogP contribution in [0.1, 0.15) is 16.8 Å². The quantitative estimate of drug-likeness (QED) is 0.659. The Morgan fingerprint density at radius 3 is 2.52 bits per heavy atom. The van der Waals surface area contributed by atoms with Gasteiger partial charge in [-0.15, -0.1) is 0 Å². The Hall–Kier alpha value is -1.81. The number of carboxylic acids is 1. The summed E-state index contributed by atoms with van der Waals surface area (Å²) in [5, 5.41) is 17.3. The van der Waals surface area contributed by atoms with Gasteiger partial charge in [0.25, 0.3) is 0 Å². The Balaban J connectivity index is 2.29. The number of aromatic hydroxyl groups is 1. The number of phenolic OH excluding ortho intramolecular Hbond substituents is 1. The largest absolute Gasteiger partial charge is 0.506 e. The van der Waals surface area contributed by atoms with E-state index in [1.54, 1.807) is 0 Å². The Morgan fingerprint density at radius 1 is 1.33 bits per heavy atom. The van der Waals surface area contributed by atoms with Gasteiger partial charge in [0.05, 0.1) is 28.0 Å². The molecule has 1 unspecified atom stereocenters. The minimum Gasteiger partial charge on any atom is -0.506 e. The normalized spacial score (nSPS) is 21.0. The molecule has 21 heavy (non-hydrogen) atoms. The SMILES string of the molecule is O=C(O)c1ccc(O)c(NS(=O)(=O)C2CCS(=O)(=O)C2)c1. The molecule has 1 aliphatic heterocycles. The Morgan fingerprint density at radius 2 is 2.00 bits per heavy atom. The van der Waals surface area contributed by atoms with Gasteiger partial charge in [0.1, 0.15) is 5.75 Å². The molecule has 0 bridgehead atoms. The average molecular weight is 335 g/mol. The van der Waals surface area contributed by atoms with Crippen molar-refractivity contribution >= 4 is 31.5 Å². The third-order valence-electron chi connectivity index (χ3n) is 3.13. The van der Waals surface area contributed by atoms with E-state index in [-0.39, 0.29) is 23.4 Å². The lowest BCUT2D eigenvalue weighted by molar-refractivity contribution is 0.0697. The molecule has 0 aliphatic carbocycles. The highest BCUT2D eigenvalue weighted by Crippen LogP contribution is 2.28. The summed E-state index contributed by atoms with van der Waals surface area (Å²) in [7, 11) is -7.41. The van der Waals surface area contributed by atoms with Crippen LogP contribution >= 0.6 is 0 Å².